The van der Waals surface area contributed by atoms with Crippen molar-refractivity contribution >= 4 is 0 Å². The quantitative estimate of drug-likeness (QED) is 0.791. The molecule has 94 valence electrons. The van der Waals surface area contributed by atoms with Crippen LogP contribution < -0.4 is 5.73 Å². The van der Waals surface area contributed by atoms with Gasteiger partial charge in [-0.15, -0.1) is 0 Å². The molecule has 16 heavy (non-hydrogen) atoms. The fraction of sp³-hybridized carbons (Fsp3) is 1.00. The summed E-state index contributed by atoms with van der Waals surface area (Å²) in [6.45, 7) is 5.15. The van der Waals surface area contributed by atoms with Crippen molar-refractivity contribution < 1.29 is 4.74 Å². The zero-order chi connectivity index (χ0) is 11.6. The van der Waals surface area contributed by atoms with E-state index in [0.717, 1.165) is 25.6 Å². The van der Waals surface area contributed by atoms with Gasteiger partial charge in [0.05, 0.1) is 6.10 Å². The average molecular weight is 226 g/mol. The second-order valence-electron chi connectivity index (χ2n) is 5.62. The molecule has 3 nitrogen and oxygen atoms in total. The summed E-state index contributed by atoms with van der Waals surface area (Å²) in [7, 11) is 2.23. The molecule has 0 aromatic carbocycles. The molecule has 0 spiro atoms. The Morgan fingerprint density at radius 1 is 1.38 bits per heavy atom. The molecule has 3 heteroatoms. The molecule has 3 atom stereocenters. The molecule has 0 bridgehead atoms. The molecule has 1 aliphatic carbocycles. The van der Waals surface area contributed by atoms with Crippen LogP contribution in [0.1, 0.15) is 39.0 Å². The van der Waals surface area contributed by atoms with Crippen molar-refractivity contribution in [1.29, 1.82) is 0 Å². The highest BCUT2D eigenvalue weighted by Crippen LogP contribution is 2.39. The first-order chi connectivity index (χ1) is 7.69. The van der Waals surface area contributed by atoms with E-state index < -0.39 is 0 Å². The van der Waals surface area contributed by atoms with Gasteiger partial charge in [-0.25, -0.2) is 0 Å². The van der Waals surface area contributed by atoms with E-state index in [1.165, 1.54) is 32.1 Å². The first-order valence-corrected chi connectivity index (χ1v) is 6.72. The lowest BCUT2D eigenvalue weighted by Gasteiger charge is -2.42. The zero-order valence-corrected chi connectivity index (χ0v) is 10.7. The molecule has 1 aliphatic heterocycles. The number of ether oxygens (including phenoxy) is 1. The van der Waals surface area contributed by atoms with Crippen LogP contribution in [0.5, 0.6) is 0 Å². The lowest BCUT2D eigenvalue weighted by atomic mass is 9.86. The highest BCUT2D eigenvalue weighted by molar-refractivity contribution is 4.99. The van der Waals surface area contributed by atoms with Crippen molar-refractivity contribution in [2.45, 2.75) is 50.7 Å². The van der Waals surface area contributed by atoms with E-state index in [9.17, 15) is 0 Å². The molecule has 1 saturated carbocycles. The predicted octanol–water partition coefficient (Wildman–Crippen LogP) is 1.61. The fourth-order valence-electron chi connectivity index (χ4n) is 3.53. The Labute approximate surface area is 99.3 Å². The number of hydrogen-bond acceptors (Lipinski definition) is 3. The van der Waals surface area contributed by atoms with Crippen molar-refractivity contribution in [3.8, 4) is 0 Å². The molecule has 2 N–H and O–H groups in total. The summed E-state index contributed by atoms with van der Waals surface area (Å²) in [4.78, 5) is 2.49. The van der Waals surface area contributed by atoms with Crippen LogP contribution in [0.25, 0.3) is 0 Å². The molecule has 1 heterocycles. The van der Waals surface area contributed by atoms with Gasteiger partial charge >= 0.3 is 0 Å². The Kier molecular flexibility index (Phi) is 3.88. The van der Waals surface area contributed by atoms with Crippen LogP contribution in [-0.4, -0.2) is 43.3 Å². The maximum absolute atomic E-state index is 6.05. The monoisotopic (exact) mass is 226 g/mol. The summed E-state index contributed by atoms with van der Waals surface area (Å²) in [6.07, 6.45) is 6.80. The lowest BCUT2D eigenvalue weighted by molar-refractivity contribution is 0.0233. The minimum absolute atomic E-state index is 0.242. The summed E-state index contributed by atoms with van der Waals surface area (Å²) in [5, 5.41) is 0. The van der Waals surface area contributed by atoms with Gasteiger partial charge in [-0.1, -0.05) is 13.3 Å². The molecule has 2 aliphatic rings. The van der Waals surface area contributed by atoms with Crippen molar-refractivity contribution in [1.82, 2.24) is 4.90 Å². The molecule has 2 fully saturated rings. The van der Waals surface area contributed by atoms with Crippen molar-refractivity contribution in [3.05, 3.63) is 0 Å². The standard InChI is InChI=1S/C13H26N2O/c1-11-5-3-7-13(11,10-14)15(2)9-12-6-4-8-16-12/h11-12H,3-10,14H2,1-2H3. The molecule has 0 amide bonds. The number of likely N-dealkylation sites (N-methyl/N-ethyl adjacent to an activating group) is 1. The Morgan fingerprint density at radius 2 is 2.19 bits per heavy atom. The van der Waals surface area contributed by atoms with E-state index >= 15 is 0 Å². The van der Waals surface area contributed by atoms with Crippen LogP contribution in [0, 0.1) is 5.92 Å². The Bertz CT molecular complexity index is 228. The van der Waals surface area contributed by atoms with Crippen LogP contribution in [0.15, 0.2) is 0 Å². The van der Waals surface area contributed by atoms with Crippen LogP contribution >= 0.6 is 0 Å². The third-order valence-corrected chi connectivity index (χ3v) is 4.78. The molecule has 3 unspecified atom stereocenters. The van der Waals surface area contributed by atoms with Crippen LogP contribution in [0.2, 0.25) is 0 Å². The van der Waals surface area contributed by atoms with Gasteiger partial charge in [0, 0.05) is 25.2 Å². The molecule has 0 aromatic heterocycles. The zero-order valence-electron chi connectivity index (χ0n) is 10.7. The molecular weight excluding hydrogens is 200 g/mol. The summed E-state index contributed by atoms with van der Waals surface area (Å²) >= 11 is 0. The smallest absolute Gasteiger partial charge is 0.0702 e. The van der Waals surface area contributed by atoms with Crippen molar-refractivity contribution in [3.63, 3.8) is 0 Å². The summed E-state index contributed by atoms with van der Waals surface area (Å²) in [5.74, 6) is 0.726. The van der Waals surface area contributed by atoms with Gasteiger partial charge in [0.1, 0.15) is 0 Å². The van der Waals surface area contributed by atoms with E-state index in [4.69, 9.17) is 10.5 Å². The topological polar surface area (TPSA) is 38.5 Å². The Balaban J connectivity index is 1.97. The van der Waals surface area contributed by atoms with Crippen LogP contribution in [-0.2, 0) is 4.74 Å². The second kappa shape index (κ2) is 5.03. The SMILES string of the molecule is CC1CCCC1(CN)N(C)CC1CCCO1. The van der Waals surface area contributed by atoms with E-state index in [1.807, 2.05) is 0 Å². The summed E-state index contributed by atoms with van der Waals surface area (Å²) in [6, 6.07) is 0. The molecule has 0 aromatic rings. The van der Waals surface area contributed by atoms with Gasteiger partial charge in [0.2, 0.25) is 0 Å². The number of hydrogen-bond donors (Lipinski definition) is 1. The molecule has 0 radical (unpaired) electrons. The molecular formula is C13H26N2O. The third-order valence-electron chi connectivity index (χ3n) is 4.78. The number of rotatable bonds is 4. The highest BCUT2D eigenvalue weighted by atomic mass is 16.5. The van der Waals surface area contributed by atoms with E-state index in [2.05, 4.69) is 18.9 Å². The highest BCUT2D eigenvalue weighted by Gasteiger charge is 2.43. The maximum Gasteiger partial charge on any atom is 0.0702 e. The molecule has 2 rings (SSSR count). The first kappa shape index (κ1) is 12.3. The lowest BCUT2D eigenvalue weighted by Crippen LogP contribution is -2.55. The van der Waals surface area contributed by atoms with Gasteiger partial charge in [-0.2, -0.15) is 0 Å². The Hall–Kier alpha value is -0.120. The number of nitrogens with two attached hydrogens (primary N) is 1. The van der Waals surface area contributed by atoms with Gasteiger partial charge in [0.15, 0.2) is 0 Å². The largest absolute Gasteiger partial charge is 0.377 e. The van der Waals surface area contributed by atoms with E-state index in [0.29, 0.717) is 6.10 Å². The van der Waals surface area contributed by atoms with Gasteiger partial charge in [0.25, 0.3) is 0 Å². The predicted molar refractivity (Wildman–Crippen MR) is 66.4 cm³/mol. The van der Waals surface area contributed by atoms with Crippen molar-refractivity contribution in [2.75, 3.05) is 26.7 Å². The third kappa shape index (κ3) is 2.13. The van der Waals surface area contributed by atoms with Gasteiger partial charge in [-0.05, 0) is 38.6 Å². The summed E-state index contributed by atoms with van der Waals surface area (Å²) < 4.78 is 5.73. The Morgan fingerprint density at radius 3 is 2.69 bits per heavy atom. The minimum atomic E-state index is 0.242. The average Bonchev–Trinajstić information content (AvgIpc) is 2.88. The maximum atomic E-state index is 6.05. The number of nitrogens with zero attached hydrogens (tertiary/aromatic N) is 1. The van der Waals surface area contributed by atoms with Crippen LogP contribution in [0.3, 0.4) is 0 Å². The van der Waals surface area contributed by atoms with Gasteiger partial charge < -0.3 is 10.5 Å². The fourth-order valence-corrected chi connectivity index (χ4v) is 3.53. The normalized spacial score (nSPS) is 39.8. The summed E-state index contributed by atoms with van der Waals surface area (Å²) in [5.41, 5.74) is 6.29. The van der Waals surface area contributed by atoms with Crippen LogP contribution in [0.4, 0.5) is 0 Å². The minimum Gasteiger partial charge on any atom is -0.377 e. The van der Waals surface area contributed by atoms with E-state index in [-0.39, 0.29) is 5.54 Å². The molecule has 1 saturated heterocycles. The first-order valence-electron chi connectivity index (χ1n) is 6.72. The van der Waals surface area contributed by atoms with Crippen molar-refractivity contribution in [2.24, 2.45) is 11.7 Å². The van der Waals surface area contributed by atoms with E-state index in [1.54, 1.807) is 0 Å². The second-order valence-corrected chi connectivity index (χ2v) is 5.62. The van der Waals surface area contributed by atoms with Gasteiger partial charge in [-0.3, -0.25) is 4.90 Å².